The van der Waals surface area contributed by atoms with Gasteiger partial charge < -0.3 is 10.6 Å². The Labute approximate surface area is 191 Å². The van der Waals surface area contributed by atoms with Crippen molar-refractivity contribution in [3.05, 3.63) is 64.2 Å². The fourth-order valence-electron chi connectivity index (χ4n) is 3.80. The van der Waals surface area contributed by atoms with Crippen LogP contribution in [0.1, 0.15) is 25.0 Å². The molecule has 3 N–H and O–H groups in total. The number of rotatable bonds is 6. The predicted octanol–water partition coefficient (Wildman–Crippen LogP) is 4.13. The van der Waals surface area contributed by atoms with Gasteiger partial charge in [0, 0.05) is 48.9 Å². The first-order valence-electron chi connectivity index (χ1n) is 10.1. The molecule has 166 valence electrons. The number of hydrazone groups is 1. The van der Waals surface area contributed by atoms with Gasteiger partial charge in [0.15, 0.2) is 5.11 Å². The second kappa shape index (κ2) is 10.3. The van der Waals surface area contributed by atoms with Gasteiger partial charge in [-0.1, -0.05) is 43.6 Å². The summed E-state index contributed by atoms with van der Waals surface area (Å²) in [6, 6.07) is 10.3. The Balaban J connectivity index is 1.77. The molecule has 9 heteroatoms. The number of benzene rings is 2. The second-order valence-electron chi connectivity index (χ2n) is 7.88. The highest BCUT2D eigenvalue weighted by Crippen LogP contribution is 2.29. The molecule has 0 aromatic heterocycles. The summed E-state index contributed by atoms with van der Waals surface area (Å²) in [5.74, 6) is -0.736. The van der Waals surface area contributed by atoms with Gasteiger partial charge in [-0.25, -0.2) is 8.78 Å². The zero-order valence-electron chi connectivity index (χ0n) is 17.5. The van der Waals surface area contributed by atoms with E-state index in [2.05, 4.69) is 41.5 Å². The minimum absolute atomic E-state index is 0.0164. The van der Waals surface area contributed by atoms with Gasteiger partial charge in [-0.05, 0) is 35.8 Å². The first kappa shape index (κ1) is 23.4. The van der Waals surface area contributed by atoms with Crippen molar-refractivity contribution >= 4 is 40.8 Å². The molecule has 1 aliphatic heterocycles. The molecule has 1 atom stereocenters. The number of nitrogens with one attached hydrogen (secondary N) is 1. The molecule has 0 aliphatic carbocycles. The van der Waals surface area contributed by atoms with Crippen molar-refractivity contribution in [2.75, 3.05) is 24.5 Å². The van der Waals surface area contributed by atoms with E-state index >= 15 is 0 Å². The van der Waals surface area contributed by atoms with Crippen LogP contribution in [0, 0.1) is 17.6 Å². The number of anilines is 1. The SMILES string of the molecule is CC(C)[C@H]1CN(c2cc(F)c(/C=N/NC(N)=S)cc2F)CCN1Cc1ccccc1Cl. The Kier molecular flexibility index (Phi) is 7.80. The van der Waals surface area contributed by atoms with Crippen LogP contribution in [0.4, 0.5) is 14.5 Å². The highest BCUT2D eigenvalue weighted by Gasteiger charge is 2.31. The molecule has 2 aromatic carbocycles. The fourth-order valence-corrected chi connectivity index (χ4v) is 4.05. The minimum atomic E-state index is -0.565. The van der Waals surface area contributed by atoms with Crippen molar-refractivity contribution in [1.29, 1.82) is 0 Å². The van der Waals surface area contributed by atoms with Crippen LogP contribution in [0.2, 0.25) is 5.02 Å². The fraction of sp³-hybridized carbons (Fsp3) is 0.364. The third kappa shape index (κ3) is 5.90. The van der Waals surface area contributed by atoms with Gasteiger partial charge in [0.05, 0.1) is 11.9 Å². The summed E-state index contributed by atoms with van der Waals surface area (Å²) in [6.07, 6.45) is 1.15. The molecule has 2 aromatic rings. The molecule has 5 nitrogen and oxygen atoms in total. The van der Waals surface area contributed by atoms with Crippen molar-refractivity contribution < 1.29 is 8.78 Å². The molecule has 1 heterocycles. The molecule has 0 bridgehead atoms. The number of hydrogen-bond acceptors (Lipinski definition) is 4. The van der Waals surface area contributed by atoms with E-state index in [-0.39, 0.29) is 22.4 Å². The van der Waals surface area contributed by atoms with Crippen molar-refractivity contribution in [2.45, 2.75) is 26.4 Å². The average molecular weight is 466 g/mol. The standard InChI is InChI=1S/C22H26ClF2N5S/c1-14(2)21-13-30(8-7-29(21)12-15-5-3-4-6-17(15)23)20-10-18(24)16(9-19(20)25)11-27-28-22(26)31/h3-6,9-11,14,21H,7-8,12-13H2,1-2H3,(H3,26,28,31)/b27-11+/t21-/m1/s1. The van der Waals surface area contributed by atoms with Crippen LogP contribution in [-0.2, 0) is 6.54 Å². The van der Waals surface area contributed by atoms with Crippen molar-refractivity contribution in [1.82, 2.24) is 10.3 Å². The average Bonchev–Trinajstić information content (AvgIpc) is 2.72. The lowest BCUT2D eigenvalue weighted by atomic mass is 9.98. The topological polar surface area (TPSA) is 56.9 Å². The van der Waals surface area contributed by atoms with Crippen molar-refractivity contribution in [2.24, 2.45) is 16.8 Å². The number of halogens is 3. The van der Waals surface area contributed by atoms with E-state index in [1.54, 1.807) is 0 Å². The monoisotopic (exact) mass is 465 g/mol. The second-order valence-corrected chi connectivity index (χ2v) is 8.73. The van der Waals surface area contributed by atoms with Crippen molar-refractivity contribution in [3.63, 3.8) is 0 Å². The molecule has 0 unspecified atom stereocenters. The van der Waals surface area contributed by atoms with Crippen LogP contribution in [-0.4, -0.2) is 41.9 Å². The minimum Gasteiger partial charge on any atom is -0.375 e. The summed E-state index contributed by atoms with van der Waals surface area (Å²) in [7, 11) is 0. The first-order valence-corrected chi connectivity index (χ1v) is 10.8. The van der Waals surface area contributed by atoms with E-state index in [0.29, 0.717) is 19.0 Å². The van der Waals surface area contributed by atoms with Gasteiger partial charge in [-0.3, -0.25) is 10.3 Å². The lowest BCUT2D eigenvalue weighted by Crippen LogP contribution is -2.55. The summed E-state index contributed by atoms with van der Waals surface area (Å²) in [6.45, 7) is 6.89. The maximum absolute atomic E-state index is 14.9. The van der Waals surface area contributed by atoms with E-state index < -0.39 is 11.6 Å². The summed E-state index contributed by atoms with van der Waals surface area (Å²) in [5, 5.41) is 4.38. The first-order chi connectivity index (χ1) is 14.8. The van der Waals surface area contributed by atoms with Crippen LogP contribution in [0.5, 0.6) is 0 Å². The third-order valence-electron chi connectivity index (χ3n) is 5.42. The molecule has 1 fully saturated rings. The molecular weight excluding hydrogens is 440 g/mol. The maximum Gasteiger partial charge on any atom is 0.184 e. The molecule has 0 radical (unpaired) electrons. The normalized spacial score (nSPS) is 17.5. The molecule has 1 saturated heterocycles. The number of thiocarbonyl (C=S) groups is 1. The molecule has 3 rings (SSSR count). The van der Waals surface area contributed by atoms with Crippen LogP contribution >= 0.6 is 23.8 Å². The predicted molar refractivity (Wildman–Crippen MR) is 127 cm³/mol. The van der Waals surface area contributed by atoms with Gasteiger partial charge in [0.2, 0.25) is 0 Å². The summed E-state index contributed by atoms with van der Waals surface area (Å²) in [5.41, 5.74) is 8.93. The Bertz CT molecular complexity index is 969. The van der Waals surface area contributed by atoms with E-state index in [9.17, 15) is 8.78 Å². The molecule has 0 saturated carbocycles. The Hall–Kier alpha value is -2.29. The summed E-state index contributed by atoms with van der Waals surface area (Å²) < 4.78 is 29.4. The zero-order valence-corrected chi connectivity index (χ0v) is 19.1. The van der Waals surface area contributed by atoms with E-state index in [1.807, 2.05) is 29.2 Å². The number of nitrogens with two attached hydrogens (primary N) is 1. The maximum atomic E-state index is 14.9. The van der Waals surface area contributed by atoms with Crippen LogP contribution in [0.15, 0.2) is 41.5 Å². The Morgan fingerprint density at radius 2 is 2.03 bits per heavy atom. The molecule has 31 heavy (non-hydrogen) atoms. The largest absolute Gasteiger partial charge is 0.375 e. The molecule has 0 spiro atoms. The molecule has 1 aliphatic rings. The van der Waals surface area contributed by atoms with Gasteiger partial charge in [-0.2, -0.15) is 5.10 Å². The van der Waals surface area contributed by atoms with E-state index in [1.165, 1.54) is 6.07 Å². The summed E-state index contributed by atoms with van der Waals surface area (Å²) in [4.78, 5) is 4.26. The lowest BCUT2D eigenvalue weighted by Gasteiger charge is -2.44. The third-order valence-corrected chi connectivity index (χ3v) is 5.88. The van der Waals surface area contributed by atoms with Gasteiger partial charge in [0.25, 0.3) is 0 Å². The number of piperazine rings is 1. The lowest BCUT2D eigenvalue weighted by molar-refractivity contribution is 0.130. The highest BCUT2D eigenvalue weighted by molar-refractivity contribution is 7.80. The van der Waals surface area contributed by atoms with E-state index in [4.69, 9.17) is 17.3 Å². The van der Waals surface area contributed by atoms with Gasteiger partial charge in [0.1, 0.15) is 11.6 Å². The molecule has 0 amide bonds. The van der Waals surface area contributed by atoms with Crippen LogP contribution in [0.3, 0.4) is 0 Å². The zero-order chi connectivity index (χ0) is 22.5. The van der Waals surface area contributed by atoms with Gasteiger partial charge >= 0.3 is 0 Å². The van der Waals surface area contributed by atoms with E-state index in [0.717, 1.165) is 36.0 Å². The van der Waals surface area contributed by atoms with Crippen LogP contribution < -0.4 is 16.1 Å². The highest BCUT2D eigenvalue weighted by atomic mass is 35.5. The Morgan fingerprint density at radius 3 is 2.71 bits per heavy atom. The smallest absolute Gasteiger partial charge is 0.184 e. The summed E-state index contributed by atoms with van der Waals surface area (Å²) >= 11 is 11.0. The van der Waals surface area contributed by atoms with Gasteiger partial charge in [-0.15, -0.1) is 0 Å². The van der Waals surface area contributed by atoms with Crippen molar-refractivity contribution in [3.8, 4) is 0 Å². The Morgan fingerprint density at radius 1 is 1.29 bits per heavy atom. The number of nitrogens with zero attached hydrogens (tertiary/aromatic N) is 3. The van der Waals surface area contributed by atoms with Crippen LogP contribution in [0.25, 0.3) is 0 Å². The quantitative estimate of drug-likeness (QED) is 0.381. The molecular formula is C22H26ClF2N5S. The number of hydrogen-bond donors (Lipinski definition) is 2.